The van der Waals surface area contributed by atoms with Crippen molar-refractivity contribution in [2.24, 2.45) is 0 Å². The summed E-state index contributed by atoms with van der Waals surface area (Å²) in [6.07, 6.45) is -0.211. The largest absolute Gasteiger partial charge is 0.394 e. The molecule has 1 aromatic rings. The monoisotopic (exact) mass is 285 g/mol. The lowest BCUT2D eigenvalue weighted by molar-refractivity contribution is -0.101. The number of rotatable bonds is 2. The van der Waals surface area contributed by atoms with Gasteiger partial charge in [0.1, 0.15) is 16.8 Å². The van der Waals surface area contributed by atoms with E-state index in [0.29, 0.717) is 24.1 Å². The van der Waals surface area contributed by atoms with E-state index in [-0.39, 0.29) is 18.3 Å². The molecule has 1 unspecified atom stereocenters. The summed E-state index contributed by atoms with van der Waals surface area (Å²) in [5, 5.41) is 9.83. The Labute approximate surface area is 118 Å². The summed E-state index contributed by atoms with van der Waals surface area (Å²) in [5.41, 5.74) is 0.533. The van der Waals surface area contributed by atoms with Gasteiger partial charge in [-0.05, 0) is 27.7 Å². The molecule has 0 saturated carbocycles. The average molecular weight is 286 g/mol. The van der Waals surface area contributed by atoms with Crippen LogP contribution in [0.1, 0.15) is 25.2 Å². The lowest BCUT2D eigenvalue weighted by atomic mass is 10.0. The first kappa shape index (κ1) is 14.5. The molecular formula is C13H20ClN3O2. The summed E-state index contributed by atoms with van der Waals surface area (Å²) >= 11 is 6.12. The molecule has 0 aromatic carbocycles. The zero-order chi connectivity index (χ0) is 14.2. The van der Waals surface area contributed by atoms with Gasteiger partial charge in [-0.1, -0.05) is 11.6 Å². The summed E-state index contributed by atoms with van der Waals surface area (Å²) < 4.78 is 5.81. The summed E-state index contributed by atoms with van der Waals surface area (Å²) in [4.78, 5) is 10.7. The Hall–Kier alpha value is -0.910. The fraction of sp³-hybridized carbons (Fsp3) is 0.692. The van der Waals surface area contributed by atoms with Crippen LogP contribution in [0.25, 0.3) is 0 Å². The van der Waals surface area contributed by atoms with Crippen LogP contribution in [0.15, 0.2) is 0 Å². The zero-order valence-corrected chi connectivity index (χ0v) is 12.5. The van der Waals surface area contributed by atoms with E-state index in [4.69, 9.17) is 16.3 Å². The third-order valence-electron chi connectivity index (χ3n) is 3.16. The molecule has 1 aliphatic heterocycles. The highest BCUT2D eigenvalue weighted by Gasteiger charge is 2.34. The highest BCUT2D eigenvalue weighted by Crippen LogP contribution is 2.29. The highest BCUT2D eigenvalue weighted by atomic mass is 35.5. The molecule has 5 nitrogen and oxygen atoms in total. The van der Waals surface area contributed by atoms with Crippen LogP contribution < -0.4 is 4.90 Å². The molecule has 19 heavy (non-hydrogen) atoms. The Morgan fingerprint density at radius 2 is 2.11 bits per heavy atom. The Morgan fingerprint density at radius 3 is 2.74 bits per heavy atom. The van der Waals surface area contributed by atoms with E-state index < -0.39 is 0 Å². The van der Waals surface area contributed by atoms with Crippen molar-refractivity contribution >= 4 is 17.4 Å². The standard InChI is InChI=1S/C13H20ClN3O2/c1-8-11(14)15-9(2)16-12(8)17-5-10(6-18)19-13(3,4)7-17/h10,18H,5-7H2,1-4H3. The van der Waals surface area contributed by atoms with E-state index >= 15 is 0 Å². The Morgan fingerprint density at radius 1 is 1.42 bits per heavy atom. The van der Waals surface area contributed by atoms with Crippen LogP contribution in [0.4, 0.5) is 5.82 Å². The highest BCUT2D eigenvalue weighted by molar-refractivity contribution is 6.30. The van der Waals surface area contributed by atoms with E-state index in [0.717, 1.165) is 11.4 Å². The average Bonchev–Trinajstić information content (AvgIpc) is 2.31. The van der Waals surface area contributed by atoms with Crippen molar-refractivity contribution in [3.8, 4) is 0 Å². The second-order valence-corrected chi connectivity index (χ2v) is 5.93. The van der Waals surface area contributed by atoms with Gasteiger partial charge < -0.3 is 14.7 Å². The number of nitrogens with zero attached hydrogens (tertiary/aromatic N) is 3. The Bertz CT molecular complexity index is 479. The van der Waals surface area contributed by atoms with Crippen LogP contribution in [0.2, 0.25) is 5.15 Å². The van der Waals surface area contributed by atoms with Crippen molar-refractivity contribution in [2.45, 2.75) is 39.4 Å². The smallest absolute Gasteiger partial charge is 0.137 e. The number of halogens is 1. The van der Waals surface area contributed by atoms with Gasteiger partial charge in [-0.2, -0.15) is 0 Å². The predicted molar refractivity (Wildman–Crippen MR) is 74.8 cm³/mol. The molecule has 0 bridgehead atoms. The molecule has 2 rings (SSSR count). The third kappa shape index (κ3) is 3.16. The number of aromatic nitrogens is 2. The van der Waals surface area contributed by atoms with Crippen molar-refractivity contribution in [1.29, 1.82) is 0 Å². The number of hydrogen-bond acceptors (Lipinski definition) is 5. The molecule has 0 spiro atoms. The second kappa shape index (κ2) is 5.23. The molecule has 1 saturated heterocycles. The van der Waals surface area contributed by atoms with E-state index in [1.807, 2.05) is 27.7 Å². The van der Waals surface area contributed by atoms with Crippen LogP contribution >= 0.6 is 11.6 Å². The predicted octanol–water partition coefficient (Wildman–Crippen LogP) is 1.72. The molecule has 1 aliphatic rings. The second-order valence-electron chi connectivity index (χ2n) is 5.57. The molecule has 1 fully saturated rings. The topological polar surface area (TPSA) is 58.5 Å². The first-order valence-corrected chi connectivity index (χ1v) is 6.74. The normalized spacial score (nSPS) is 22.6. The van der Waals surface area contributed by atoms with Gasteiger partial charge in [0.2, 0.25) is 0 Å². The van der Waals surface area contributed by atoms with Crippen molar-refractivity contribution in [3.05, 3.63) is 16.5 Å². The van der Waals surface area contributed by atoms with Crippen molar-refractivity contribution in [3.63, 3.8) is 0 Å². The van der Waals surface area contributed by atoms with Crippen molar-refractivity contribution < 1.29 is 9.84 Å². The number of morpholine rings is 1. The van der Waals surface area contributed by atoms with Crippen LogP contribution in [-0.2, 0) is 4.74 Å². The first-order valence-electron chi connectivity index (χ1n) is 6.37. The summed E-state index contributed by atoms with van der Waals surface area (Å²) in [5.74, 6) is 1.47. The molecule has 1 aromatic heterocycles. The maximum atomic E-state index is 9.36. The number of anilines is 1. The molecule has 0 amide bonds. The van der Waals surface area contributed by atoms with E-state index in [9.17, 15) is 5.11 Å². The summed E-state index contributed by atoms with van der Waals surface area (Å²) in [7, 11) is 0. The fourth-order valence-electron chi connectivity index (χ4n) is 2.44. The lowest BCUT2D eigenvalue weighted by Gasteiger charge is -2.43. The van der Waals surface area contributed by atoms with Gasteiger partial charge >= 0.3 is 0 Å². The minimum atomic E-state index is -0.330. The molecule has 106 valence electrons. The van der Waals surface area contributed by atoms with Crippen LogP contribution in [0, 0.1) is 13.8 Å². The number of hydrogen-bond donors (Lipinski definition) is 1. The van der Waals surface area contributed by atoms with E-state index in [1.165, 1.54) is 0 Å². The summed E-state index contributed by atoms with van der Waals surface area (Å²) in [6.45, 7) is 9.05. The van der Waals surface area contributed by atoms with E-state index in [2.05, 4.69) is 14.9 Å². The first-order chi connectivity index (χ1) is 8.82. The van der Waals surface area contributed by atoms with Crippen molar-refractivity contribution in [1.82, 2.24) is 9.97 Å². The van der Waals surface area contributed by atoms with Crippen molar-refractivity contribution in [2.75, 3.05) is 24.6 Å². The van der Waals surface area contributed by atoms with Crippen LogP contribution in [0.5, 0.6) is 0 Å². The molecule has 1 atom stereocenters. The van der Waals surface area contributed by atoms with Gasteiger partial charge in [-0.3, -0.25) is 0 Å². The minimum Gasteiger partial charge on any atom is -0.394 e. The molecule has 2 heterocycles. The maximum absolute atomic E-state index is 9.36. The van der Waals surface area contributed by atoms with Gasteiger partial charge in [0.25, 0.3) is 0 Å². The van der Waals surface area contributed by atoms with Gasteiger partial charge in [-0.25, -0.2) is 9.97 Å². The van der Waals surface area contributed by atoms with Gasteiger partial charge in [-0.15, -0.1) is 0 Å². The molecule has 0 aliphatic carbocycles. The quantitative estimate of drug-likeness (QED) is 0.839. The number of aliphatic hydroxyl groups is 1. The third-order valence-corrected chi connectivity index (χ3v) is 3.53. The number of aryl methyl sites for hydroxylation is 1. The number of aliphatic hydroxyl groups excluding tert-OH is 1. The van der Waals surface area contributed by atoms with Crippen LogP contribution in [0.3, 0.4) is 0 Å². The van der Waals surface area contributed by atoms with Crippen LogP contribution in [-0.4, -0.2) is 46.5 Å². The minimum absolute atomic E-state index is 0.00320. The molecule has 6 heteroatoms. The van der Waals surface area contributed by atoms with E-state index in [1.54, 1.807) is 0 Å². The molecular weight excluding hydrogens is 266 g/mol. The van der Waals surface area contributed by atoms with Gasteiger partial charge in [0.05, 0.1) is 18.3 Å². The Kier molecular flexibility index (Phi) is 3.99. The number of ether oxygens (including phenoxy) is 1. The maximum Gasteiger partial charge on any atom is 0.137 e. The summed E-state index contributed by atoms with van der Waals surface area (Å²) in [6, 6.07) is 0. The SMILES string of the molecule is Cc1nc(Cl)c(C)c(N2CC(CO)OC(C)(C)C2)n1. The zero-order valence-electron chi connectivity index (χ0n) is 11.8. The fourth-order valence-corrected chi connectivity index (χ4v) is 2.65. The molecule has 0 radical (unpaired) electrons. The van der Waals surface area contributed by atoms with Gasteiger partial charge in [0.15, 0.2) is 0 Å². The van der Waals surface area contributed by atoms with Gasteiger partial charge in [0, 0.05) is 18.7 Å². The molecule has 1 N–H and O–H groups in total. The Balaban J connectivity index is 2.35. The lowest BCUT2D eigenvalue weighted by Crippen LogP contribution is -2.54.